The van der Waals surface area contributed by atoms with E-state index >= 15 is 0 Å². The second kappa shape index (κ2) is 8.56. The summed E-state index contributed by atoms with van der Waals surface area (Å²) in [6.07, 6.45) is 1.13. The highest BCUT2D eigenvalue weighted by molar-refractivity contribution is 9.10. The van der Waals surface area contributed by atoms with Crippen LogP contribution in [0.4, 0.5) is 5.69 Å². The highest BCUT2D eigenvalue weighted by atomic mass is 79.9. The van der Waals surface area contributed by atoms with Gasteiger partial charge in [0.1, 0.15) is 0 Å². The predicted molar refractivity (Wildman–Crippen MR) is 85.8 cm³/mol. The fourth-order valence-electron chi connectivity index (χ4n) is 2.20. The number of halogens is 1. The van der Waals surface area contributed by atoms with Crippen LogP contribution < -0.4 is 10.2 Å². The zero-order valence-electron chi connectivity index (χ0n) is 12.1. The van der Waals surface area contributed by atoms with Crippen molar-refractivity contribution in [3.05, 3.63) is 28.2 Å². The molecule has 0 aliphatic heterocycles. The summed E-state index contributed by atoms with van der Waals surface area (Å²) in [7, 11) is 0. The van der Waals surface area contributed by atoms with Crippen molar-refractivity contribution in [2.75, 3.05) is 31.1 Å². The second-order valence-electron chi connectivity index (χ2n) is 4.68. The van der Waals surface area contributed by atoms with E-state index in [1.807, 2.05) is 0 Å². The van der Waals surface area contributed by atoms with Crippen molar-refractivity contribution in [1.29, 1.82) is 0 Å². The molecule has 1 aromatic rings. The maximum atomic E-state index is 9.20. The zero-order valence-corrected chi connectivity index (χ0v) is 13.7. The van der Waals surface area contributed by atoms with Crippen LogP contribution in [0, 0.1) is 0 Å². The lowest BCUT2D eigenvalue weighted by Gasteiger charge is -2.28. The fraction of sp³-hybridized carbons (Fsp3) is 0.600. The van der Waals surface area contributed by atoms with E-state index in [1.165, 1.54) is 11.3 Å². The molecule has 0 amide bonds. The molecule has 0 spiro atoms. The molecule has 2 N–H and O–H groups in total. The van der Waals surface area contributed by atoms with Crippen LogP contribution in [0.25, 0.3) is 0 Å². The Balaban J connectivity index is 3.02. The second-order valence-corrected chi connectivity index (χ2v) is 5.60. The maximum absolute atomic E-state index is 9.20. The van der Waals surface area contributed by atoms with Crippen molar-refractivity contribution < 1.29 is 5.11 Å². The van der Waals surface area contributed by atoms with Crippen LogP contribution in [0.15, 0.2) is 22.7 Å². The molecule has 0 saturated carbocycles. The van der Waals surface area contributed by atoms with Gasteiger partial charge in [-0.25, -0.2) is 0 Å². The number of nitrogens with one attached hydrogen (secondary N) is 1. The average molecular weight is 329 g/mol. The van der Waals surface area contributed by atoms with Crippen LogP contribution in [0.5, 0.6) is 0 Å². The lowest BCUT2D eigenvalue weighted by atomic mass is 10.0. The number of hydrogen-bond acceptors (Lipinski definition) is 3. The summed E-state index contributed by atoms with van der Waals surface area (Å²) in [4.78, 5) is 2.21. The van der Waals surface area contributed by atoms with Crippen molar-refractivity contribution in [3.8, 4) is 0 Å². The molecule has 0 heterocycles. The molecule has 1 unspecified atom stereocenters. The topological polar surface area (TPSA) is 35.5 Å². The first kappa shape index (κ1) is 16.5. The standard InChI is InChI=1S/C15H25BrN2O/c1-4-8-17-12(3)14-7-6-13(16)11-15(14)18(5-2)9-10-19/h6-7,11-12,17,19H,4-5,8-10H2,1-3H3. The molecule has 0 fully saturated rings. The monoisotopic (exact) mass is 328 g/mol. The van der Waals surface area contributed by atoms with E-state index in [0.717, 1.165) is 24.0 Å². The van der Waals surface area contributed by atoms with E-state index in [1.54, 1.807) is 0 Å². The van der Waals surface area contributed by atoms with Crippen molar-refractivity contribution >= 4 is 21.6 Å². The minimum atomic E-state index is 0.177. The van der Waals surface area contributed by atoms with Gasteiger partial charge >= 0.3 is 0 Å². The first-order chi connectivity index (χ1) is 9.13. The Labute approximate surface area is 125 Å². The summed E-state index contributed by atoms with van der Waals surface area (Å²) >= 11 is 3.54. The lowest BCUT2D eigenvalue weighted by Crippen LogP contribution is -2.29. The summed E-state index contributed by atoms with van der Waals surface area (Å²) in [5.74, 6) is 0. The zero-order chi connectivity index (χ0) is 14.3. The first-order valence-corrected chi connectivity index (χ1v) is 7.81. The molecule has 0 radical (unpaired) electrons. The van der Waals surface area contributed by atoms with Gasteiger partial charge in [0.25, 0.3) is 0 Å². The smallest absolute Gasteiger partial charge is 0.0606 e. The summed E-state index contributed by atoms with van der Waals surface area (Å²) in [5.41, 5.74) is 2.48. The van der Waals surface area contributed by atoms with Gasteiger partial charge in [0.15, 0.2) is 0 Å². The molecule has 0 bridgehead atoms. The van der Waals surface area contributed by atoms with Crippen molar-refractivity contribution in [3.63, 3.8) is 0 Å². The summed E-state index contributed by atoms with van der Waals surface area (Å²) in [6, 6.07) is 6.69. The molecule has 19 heavy (non-hydrogen) atoms. The number of aliphatic hydroxyl groups excluding tert-OH is 1. The maximum Gasteiger partial charge on any atom is 0.0606 e. The van der Waals surface area contributed by atoms with Crippen LogP contribution >= 0.6 is 15.9 Å². The van der Waals surface area contributed by atoms with Gasteiger partial charge in [-0.2, -0.15) is 0 Å². The van der Waals surface area contributed by atoms with E-state index < -0.39 is 0 Å². The quantitative estimate of drug-likeness (QED) is 0.768. The molecular weight excluding hydrogens is 304 g/mol. The summed E-state index contributed by atoms with van der Waals surface area (Å²) < 4.78 is 1.07. The molecule has 0 aromatic heterocycles. The molecule has 0 saturated heterocycles. The number of hydrogen-bond donors (Lipinski definition) is 2. The van der Waals surface area contributed by atoms with Gasteiger partial charge in [-0.05, 0) is 44.5 Å². The van der Waals surface area contributed by atoms with Gasteiger partial charge < -0.3 is 15.3 Å². The molecule has 108 valence electrons. The number of aliphatic hydroxyl groups is 1. The molecule has 1 atom stereocenters. The SMILES string of the molecule is CCCNC(C)c1ccc(Br)cc1N(CC)CCO. The van der Waals surface area contributed by atoms with Crippen molar-refractivity contribution in [2.24, 2.45) is 0 Å². The van der Waals surface area contributed by atoms with Crippen LogP contribution in [0.1, 0.15) is 38.8 Å². The Morgan fingerprint density at radius 3 is 2.68 bits per heavy atom. The summed E-state index contributed by atoms with van der Waals surface area (Å²) in [5, 5.41) is 12.7. The molecule has 0 aliphatic carbocycles. The van der Waals surface area contributed by atoms with Gasteiger partial charge in [0.2, 0.25) is 0 Å². The minimum absolute atomic E-state index is 0.177. The predicted octanol–water partition coefficient (Wildman–Crippen LogP) is 3.33. The average Bonchev–Trinajstić information content (AvgIpc) is 2.42. The van der Waals surface area contributed by atoms with Gasteiger partial charge in [-0.15, -0.1) is 0 Å². The van der Waals surface area contributed by atoms with E-state index in [2.05, 4.69) is 65.1 Å². The third-order valence-electron chi connectivity index (χ3n) is 3.25. The Morgan fingerprint density at radius 2 is 2.11 bits per heavy atom. The number of likely N-dealkylation sites (N-methyl/N-ethyl adjacent to an activating group) is 1. The number of rotatable bonds is 8. The molecule has 1 aromatic carbocycles. The molecule has 1 rings (SSSR count). The number of anilines is 1. The normalized spacial score (nSPS) is 12.5. The van der Waals surface area contributed by atoms with Crippen molar-refractivity contribution in [1.82, 2.24) is 5.32 Å². The van der Waals surface area contributed by atoms with Crippen LogP contribution in [0.3, 0.4) is 0 Å². The third-order valence-corrected chi connectivity index (χ3v) is 3.75. The molecule has 4 heteroatoms. The van der Waals surface area contributed by atoms with E-state index in [4.69, 9.17) is 0 Å². The number of nitrogens with zero attached hydrogens (tertiary/aromatic N) is 1. The largest absolute Gasteiger partial charge is 0.395 e. The highest BCUT2D eigenvalue weighted by Crippen LogP contribution is 2.29. The summed E-state index contributed by atoms with van der Waals surface area (Å²) in [6.45, 7) is 9.23. The highest BCUT2D eigenvalue weighted by Gasteiger charge is 2.14. The van der Waals surface area contributed by atoms with Gasteiger partial charge in [-0.1, -0.05) is 28.9 Å². The van der Waals surface area contributed by atoms with Crippen LogP contribution in [-0.4, -0.2) is 31.3 Å². The Hall–Kier alpha value is -0.580. The molecular formula is C15H25BrN2O. The lowest BCUT2D eigenvalue weighted by molar-refractivity contribution is 0.302. The molecule has 3 nitrogen and oxygen atoms in total. The Morgan fingerprint density at radius 1 is 1.37 bits per heavy atom. The first-order valence-electron chi connectivity index (χ1n) is 7.02. The Kier molecular flexibility index (Phi) is 7.42. The minimum Gasteiger partial charge on any atom is -0.395 e. The van der Waals surface area contributed by atoms with Crippen LogP contribution in [0.2, 0.25) is 0 Å². The number of benzene rings is 1. The van der Waals surface area contributed by atoms with E-state index in [-0.39, 0.29) is 6.61 Å². The van der Waals surface area contributed by atoms with Crippen molar-refractivity contribution in [2.45, 2.75) is 33.2 Å². The van der Waals surface area contributed by atoms with Gasteiger partial charge in [0, 0.05) is 29.3 Å². The van der Waals surface area contributed by atoms with Crippen LogP contribution in [-0.2, 0) is 0 Å². The van der Waals surface area contributed by atoms with Gasteiger partial charge in [0.05, 0.1) is 6.61 Å². The Bertz CT molecular complexity index is 384. The third kappa shape index (κ3) is 4.79. The van der Waals surface area contributed by atoms with Gasteiger partial charge in [-0.3, -0.25) is 0 Å². The van der Waals surface area contributed by atoms with E-state index in [0.29, 0.717) is 12.6 Å². The fourth-order valence-corrected chi connectivity index (χ4v) is 2.55. The molecule has 0 aliphatic rings. The van der Waals surface area contributed by atoms with E-state index in [9.17, 15) is 5.11 Å².